The minimum Gasteiger partial charge on any atom is -0.346 e. The average molecular weight is 276 g/mol. The fourth-order valence-electron chi connectivity index (χ4n) is 2.91. The molecule has 6 heteroatoms. The molecule has 2 aliphatic heterocycles. The van der Waals surface area contributed by atoms with Gasteiger partial charge in [-0.2, -0.15) is 0 Å². The minimum atomic E-state index is -0.199. The van der Waals surface area contributed by atoms with Crippen LogP contribution in [0.25, 0.3) is 0 Å². The van der Waals surface area contributed by atoms with Crippen LogP contribution in [-0.4, -0.2) is 45.4 Å². The van der Waals surface area contributed by atoms with E-state index in [9.17, 15) is 9.59 Å². The molecular weight excluding hydrogens is 256 g/mol. The zero-order valence-corrected chi connectivity index (χ0v) is 11.9. The van der Waals surface area contributed by atoms with Crippen molar-refractivity contribution in [2.45, 2.75) is 39.3 Å². The number of hydrogen-bond donors (Lipinski definition) is 1. The number of aromatic nitrogens is 2. The molecule has 1 aromatic rings. The van der Waals surface area contributed by atoms with E-state index in [0.29, 0.717) is 23.9 Å². The third-order valence-electron chi connectivity index (χ3n) is 4.17. The highest BCUT2D eigenvalue weighted by Crippen LogP contribution is 2.20. The summed E-state index contributed by atoms with van der Waals surface area (Å²) < 4.78 is 1.78. The lowest BCUT2D eigenvalue weighted by Gasteiger charge is -2.30. The fraction of sp³-hybridized carbons (Fsp3) is 0.643. The van der Waals surface area contributed by atoms with Gasteiger partial charge in [0.15, 0.2) is 5.69 Å². The van der Waals surface area contributed by atoms with Crippen LogP contribution in [0.5, 0.6) is 0 Å². The van der Waals surface area contributed by atoms with Crippen molar-refractivity contribution in [2.75, 3.05) is 13.1 Å². The van der Waals surface area contributed by atoms with Crippen molar-refractivity contribution in [2.24, 2.45) is 5.92 Å². The summed E-state index contributed by atoms with van der Waals surface area (Å²) in [5.74, 6) is 0.351. The first-order chi connectivity index (χ1) is 9.56. The van der Waals surface area contributed by atoms with Crippen LogP contribution in [0.3, 0.4) is 0 Å². The highest BCUT2D eigenvalue weighted by molar-refractivity contribution is 6.05. The molecule has 3 rings (SSSR count). The number of hydrogen-bond acceptors (Lipinski definition) is 3. The number of amides is 2. The standard InChI is InChI=1S/C14H20N4O2/c1-9-3-5-17(6-4-9)14(20)11-12-13(19)16-10(2)7-18(12)8-15-11/h8-10H,3-7H2,1-2H3,(H,16,19)/t10-/m1/s1. The highest BCUT2D eigenvalue weighted by Gasteiger charge is 2.32. The Morgan fingerprint density at radius 2 is 2.05 bits per heavy atom. The third kappa shape index (κ3) is 2.19. The Morgan fingerprint density at radius 1 is 1.35 bits per heavy atom. The summed E-state index contributed by atoms with van der Waals surface area (Å²) in [5, 5.41) is 2.86. The number of fused-ring (bicyclic) bond motifs is 1. The Kier molecular flexibility index (Phi) is 3.23. The maximum Gasteiger partial charge on any atom is 0.274 e. The maximum absolute atomic E-state index is 12.5. The van der Waals surface area contributed by atoms with Crippen LogP contribution in [0.2, 0.25) is 0 Å². The van der Waals surface area contributed by atoms with Gasteiger partial charge in [-0.3, -0.25) is 9.59 Å². The molecule has 0 aliphatic carbocycles. The van der Waals surface area contributed by atoms with Crippen LogP contribution in [0.15, 0.2) is 6.33 Å². The summed E-state index contributed by atoms with van der Waals surface area (Å²) in [6.07, 6.45) is 3.64. The number of nitrogens with one attached hydrogen (secondary N) is 1. The largest absolute Gasteiger partial charge is 0.346 e. The Morgan fingerprint density at radius 3 is 2.75 bits per heavy atom. The summed E-state index contributed by atoms with van der Waals surface area (Å²) in [4.78, 5) is 30.6. The molecule has 108 valence electrons. The molecule has 1 aromatic heterocycles. The molecule has 1 fully saturated rings. The molecule has 0 saturated carbocycles. The number of likely N-dealkylation sites (tertiary alicyclic amines) is 1. The van der Waals surface area contributed by atoms with E-state index in [1.54, 1.807) is 10.9 Å². The quantitative estimate of drug-likeness (QED) is 0.828. The molecular formula is C14H20N4O2. The van der Waals surface area contributed by atoms with Crippen molar-refractivity contribution in [3.8, 4) is 0 Å². The van der Waals surface area contributed by atoms with Gasteiger partial charge in [-0.05, 0) is 25.7 Å². The van der Waals surface area contributed by atoms with Crippen molar-refractivity contribution >= 4 is 11.8 Å². The second kappa shape index (κ2) is 4.92. The van der Waals surface area contributed by atoms with E-state index < -0.39 is 0 Å². The van der Waals surface area contributed by atoms with E-state index in [4.69, 9.17) is 0 Å². The van der Waals surface area contributed by atoms with Gasteiger partial charge < -0.3 is 14.8 Å². The number of nitrogens with zero attached hydrogens (tertiary/aromatic N) is 3. The lowest BCUT2D eigenvalue weighted by molar-refractivity contribution is 0.0684. The van der Waals surface area contributed by atoms with Crippen molar-refractivity contribution in [3.63, 3.8) is 0 Å². The van der Waals surface area contributed by atoms with E-state index in [1.165, 1.54) is 0 Å². The van der Waals surface area contributed by atoms with E-state index in [2.05, 4.69) is 17.2 Å². The molecule has 0 bridgehead atoms. The molecule has 1 saturated heterocycles. The molecule has 0 spiro atoms. The Balaban J connectivity index is 1.85. The summed E-state index contributed by atoms with van der Waals surface area (Å²) in [7, 11) is 0. The van der Waals surface area contributed by atoms with Gasteiger partial charge in [-0.1, -0.05) is 6.92 Å². The maximum atomic E-state index is 12.5. The molecule has 2 amide bonds. The normalized spacial score (nSPS) is 23.4. The van der Waals surface area contributed by atoms with Gasteiger partial charge in [0.25, 0.3) is 11.8 Å². The van der Waals surface area contributed by atoms with Gasteiger partial charge in [-0.25, -0.2) is 4.98 Å². The van der Waals surface area contributed by atoms with Crippen LogP contribution < -0.4 is 5.32 Å². The summed E-state index contributed by atoms with van der Waals surface area (Å²) in [6, 6.07) is 0.0722. The molecule has 0 radical (unpaired) electrons. The Bertz CT molecular complexity index is 543. The number of carbonyl (C=O) groups excluding carboxylic acids is 2. The smallest absolute Gasteiger partial charge is 0.274 e. The molecule has 0 unspecified atom stereocenters. The second-order valence-electron chi connectivity index (χ2n) is 5.94. The van der Waals surface area contributed by atoms with Gasteiger partial charge in [0.2, 0.25) is 0 Å². The third-order valence-corrected chi connectivity index (χ3v) is 4.17. The van der Waals surface area contributed by atoms with Crippen LogP contribution in [0, 0.1) is 5.92 Å². The van der Waals surface area contributed by atoms with Gasteiger partial charge in [0.05, 0.1) is 6.33 Å². The topological polar surface area (TPSA) is 67.2 Å². The Labute approximate surface area is 118 Å². The number of carbonyl (C=O) groups is 2. The number of imidazole rings is 1. The minimum absolute atomic E-state index is 0.0722. The first-order valence-corrected chi connectivity index (χ1v) is 7.21. The van der Waals surface area contributed by atoms with Gasteiger partial charge in [0, 0.05) is 25.7 Å². The first kappa shape index (κ1) is 13.1. The van der Waals surface area contributed by atoms with Crippen molar-refractivity contribution in [3.05, 3.63) is 17.7 Å². The second-order valence-corrected chi connectivity index (χ2v) is 5.94. The zero-order chi connectivity index (χ0) is 14.3. The van der Waals surface area contributed by atoms with Gasteiger partial charge in [0.1, 0.15) is 5.69 Å². The zero-order valence-electron chi connectivity index (χ0n) is 11.9. The number of piperidine rings is 1. The molecule has 3 heterocycles. The Hall–Kier alpha value is -1.85. The average Bonchev–Trinajstić information content (AvgIpc) is 2.82. The molecule has 20 heavy (non-hydrogen) atoms. The lowest BCUT2D eigenvalue weighted by Crippen LogP contribution is -2.44. The monoisotopic (exact) mass is 276 g/mol. The van der Waals surface area contributed by atoms with Gasteiger partial charge in [-0.15, -0.1) is 0 Å². The summed E-state index contributed by atoms with van der Waals surface area (Å²) in [5.41, 5.74) is 0.704. The fourth-order valence-corrected chi connectivity index (χ4v) is 2.91. The van der Waals surface area contributed by atoms with E-state index in [1.807, 2.05) is 11.8 Å². The van der Waals surface area contributed by atoms with Crippen LogP contribution in [-0.2, 0) is 6.54 Å². The van der Waals surface area contributed by atoms with E-state index in [-0.39, 0.29) is 17.9 Å². The predicted octanol–water partition coefficient (Wildman–Crippen LogP) is 0.887. The van der Waals surface area contributed by atoms with E-state index >= 15 is 0 Å². The van der Waals surface area contributed by atoms with Crippen LogP contribution >= 0.6 is 0 Å². The van der Waals surface area contributed by atoms with Crippen LogP contribution in [0.1, 0.15) is 47.7 Å². The van der Waals surface area contributed by atoms with Gasteiger partial charge >= 0.3 is 0 Å². The highest BCUT2D eigenvalue weighted by atomic mass is 16.2. The van der Waals surface area contributed by atoms with Crippen molar-refractivity contribution < 1.29 is 9.59 Å². The number of rotatable bonds is 1. The molecule has 1 atom stereocenters. The lowest BCUT2D eigenvalue weighted by atomic mass is 9.99. The van der Waals surface area contributed by atoms with E-state index in [0.717, 1.165) is 25.9 Å². The molecule has 2 aliphatic rings. The van der Waals surface area contributed by atoms with Crippen LogP contribution in [0.4, 0.5) is 0 Å². The SMILES string of the molecule is CC1CCN(C(=O)c2ncn3c2C(=O)N[C@H](C)C3)CC1. The first-order valence-electron chi connectivity index (χ1n) is 7.21. The molecule has 1 N–H and O–H groups in total. The molecule has 6 nitrogen and oxygen atoms in total. The summed E-state index contributed by atoms with van der Waals surface area (Å²) in [6.45, 7) is 6.32. The van der Waals surface area contributed by atoms with Crippen molar-refractivity contribution in [1.29, 1.82) is 0 Å². The molecule has 0 aromatic carbocycles. The summed E-state index contributed by atoms with van der Waals surface area (Å²) >= 11 is 0. The predicted molar refractivity (Wildman–Crippen MR) is 73.5 cm³/mol. The van der Waals surface area contributed by atoms with Crippen molar-refractivity contribution in [1.82, 2.24) is 19.8 Å².